The summed E-state index contributed by atoms with van der Waals surface area (Å²) in [4.78, 5) is 13.8. The van der Waals surface area contributed by atoms with Crippen LogP contribution in [0.1, 0.15) is 20.1 Å². The molecule has 0 aliphatic carbocycles. The van der Waals surface area contributed by atoms with Crippen molar-refractivity contribution in [1.82, 2.24) is 0 Å². The molecule has 0 radical (unpaired) electrons. The molecule has 2 aromatic rings. The van der Waals surface area contributed by atoms with Gasteiger partial charge in [-0.1, -0.05) is 12.1 Å². The fraction of sp³-hybridized carbons (Fsp3) is 0.133. The number of allylic oxidation sites excluding steroid dienone is 1. The Hall–Kier alpha value is -2.07. The lowest BCUT2D eigenvalue weighted by atomic mass is 10.1. The van der Waals surface area contributed by atoms with Crippen LogP contribution in [-0.4, -0.2) is 12.6 Å². The van der Waals surface area contributed by atoms with Crippen molar-refractivity contribution < 1.29 is 14.3 Å². The highest BCUT2D eigenvalue weighted by Gasteiger charge is 2.12. The monoisotopic (exact) mass is 272 g/mol. The Morgan fingerprint density at radius 1 is 1.21 bits per heavy atom. The summed E-state index contributed by atoms with van der Waals surface area (Å²) in [5, 5.41) is 0. The lowest BCUT2D eigenvalue weighted by molar-refractivity contribution is 0.105. The first-order valence-electron chi connectivity index (χ1n) is 5.91. The summed E-state index contributed by atoms with van der Waals surface area (Å²) in [6.07, 6.45) is 3.38. The van der Waals surface area contributed by atoms with Crippen molar-refractivity contribution >= 4 is 23.2 Å². The lowest BCUT2D eigenvalue weighted by Crippen LogP contribution is -1.92. The van der Waals surface area contributed by atoms with Gasteiger partial charge in [-0.2, -0.15) is 0 Å². The second kappa shape index (κ2) is 4.90. The van der Waals surface area contributed by atoms with Gasteiger partial charge in [-0.25, -0.2) is 0 Å². The maximum atomic E-state index is 11.9. The number of aryl methyl sites for hydroxylation is 1. The van der Waals surface area contributed by atoms with E-state index < -0.39 is 0 Å². The van der Waals surface area contributed by atoms with Gasteiger partial charge in [0.05, 0.1) is 4.88 Å². The first-order chi connectivity index (χ1) is 9.22. The second-order valence-electron chi connectivity index (χ2n) is 4.22. The summed E-state index contributed by atoms with van der Waals surface area (Å²) in [6.45, 7) is 2.25. The van der Waals surface area contributed by atoms with E-state index in [0.29, 0.717) is 0 Å². The molecule has 0 fully saturated rings. The Morgan fingerprint density at radius 3 is 2.84 bits per heavy atom. The highest BCUT2D eigenvalue weighted by molar-refractivity contribution is 7.14. The van der Waals surface area contributed by atoms with E-state index in [0.717, 1.165) is 26.8 Å². The van der Waals surface area contributed by atoms with Crippen LogP contribution >= 0.6 is 11.3 Å². The quantitative estimate of drug-likeness (QED) is 0.631. The van der Waals surface area contributed by atoms with E-state index in [1.807, 2.05) is 37.3 Å². The van der Waals surface area contributed by atoms with Crippen LogP contribution in [-0.2, 0) is 0 Å². The standard InChI is InChI=1S/C15H12O3S/c1-10-2-7-15(19-10)12(16)5-3-11-4-6-13-14(8-11)18-9-17-13/h2-8H,9H2,1H3. The maximum absolute atomic E-state index is 11.9. The van der Waals surface area contributed by atoms with Crippen molar-refractivity contribution in [2.45, 2.75) is 6.92 Å². The minimum atomic E-state index is 0.0239. The van der Waals surface area contributed by atoms with Gasteiger partial charge in [0.25, 0.3) is 0 Å². The molecule has 1 aromatic carbocycles. The third-order valence-electron chi connectivity index (χ3n) is 2.81. The van der Waals surface area contributed by atoms with E-state index in [2.05, 4.69) is 0 Å². The van der Waals surface area contributed by atoms with Crippen molar-refractivity contribution in [3.8, 4) is 11.5 Å². The average Bonchev–Trinajstić information content (AvgIpc) is 3.03. The number of hydrogen-bond acceptors (Lipinski definition) is 4. The Morgan fingerprint density at radius 2 is 2.05 bits per heavy atom. The normalized spacial score (nSPS) is 13.1. The first kappa shape index (κ1) is 12.0. The number of thiophene rings is 1. The van der Waals surface area contributed by atoms with Gasteiger partial charge in [0.15, 0.2) is 17.3 Å². The highest BCUT2D eigenvalue weighted by Crippen LogP contribution is 2.32. The molecule has 3 nitrogen and oxygen atoms in total. The third-order valence-corrected chi connectivity index (χ3v) is 3.82. The molecule has 0 saturated heterocycles. The van der Waals surface area contributed by atoms with E-state index in [1.54, 1.807) is 12.2 Å². The molecule has 0 spiro atoms. The predicted molar refractivity (Wildman–Crippen MR) is 75.0 cm³/mol. The minimum absolute atomic E-state index is 0.0239. The highest BCUT2D eigenvalue weighted by atomic mass is 32.1. The summed E-state index contributed by atoms with van der Waals surface area (Å²) in [5.74, 6) is 1.50. The fourth-order valence-corrected chi connectivity index (χ4v) is 2.63. The van der Waals surface area contributed by atoms with Gasteiger partial charge in [-0.05, 0) is 42.8 Å². The number of ketones is 1. The van der Waals surface area contributed by atoms with Crippen LogP contribution < -0.4 is 9.47 Å². The van der Waals surface area contributed by atoms with E-state index in [1.165, 1.54) is 11.3 Å². The van der Waals surface area contributed by atoms with Crippen LogP contribution in [0.3, 0.4) is 0 Å². The molecule has 0 unspecified atom stereocenters. The summed E-state index contributed by atoms with van der Waals surface area (Å²) in [5.41, 5.74) is 0.922. The van der Waals surface area contributed by atoms with E-state index in [4.69, 9.17) is 9.47 Å². The molecular weight excluding hydrogens is 260 g/mol. The molecule has 4 heteroatoms. The maximum Gasteiger partial charge on any atom is 0.231 e. The van der Waals surface area contributed by atoms with E-state index >= 15 is 0 Å². The lowest BCUT2D eigenvalue weighted by Gasteiger charge is -1.97. The Kier molecular flexibility index (Phi) is 3.09. The number of rotatable bonds is 3. The van der Waals surface area contributed by atoms with Crippen LogP contribution in [0.5, 0.6) is 11.5 Å². The van der Waals surface area contributed by atoms with E-state index in [-0.39, 0.29) is 12.6 Å². The number of hydrogen-bond donors (Lipinski definition) is 0. The number of benzene rings is 1. The minimum Gasteiger partial charge on any atom is -0.454 e. The summed E-state index contributed by atoms with van der Waals surface area (Å²) >= 11 is 1.51. The third kappa shape index (κ3) is 2.53. The summed E-state index contributed by atoms with van der Waals surface area (Å²) in [6, 6.07) is 9.42. The zero-order chi connectivity index (χ0) is 13.2. The first-order valence-corrected chi connectivity index (χ1v) is 6.72. The molecule has 0 saturated carbocycles. The number of ether oxygens (including phenoxy) is 2. The van der Waals surface area contributed by atoms with Crippen LogP contribution in [0.4, 0.5) is 0 Å². The molecule has 96 valence electrons. The molecule has 1 aromatic heterocycles. The zero-order valence-corrected chi connectivity index (χ0v) is 11.2. The smallest absolute Gasteiger partial charge is 0.231 e. The van der Waals surface area contributed by atoms with Gasteiger partial charge in [0.2, 0.25) is 6.79 Å². The van der Waals surface area contributed by atoms with Gasteiger partial charge in [-0.3, -0.25) is 4.79 Å². The van der Waals surface area contributed by atoms with Crippen molar-refractivity contribution in [1.29, 1.82) is 0 Å². The molecule has 0 atom stereocenters. The summed E-state index contributed by atoms with van der Waals surface area (Å²) in [7, 11) is 0. The van der Waals surface area contributed by atoms with Gasteiger partial charge in [0.1, 0.15) is 0 Å². The number of carbonyl (C=O) groups excluding carboxylic acids is 1. The Bertz CT molecular complexity index is 655. The molecular formula is C15H12O3S. The van der Waals surface area contributed by atoms with Gasteiger partial charge >= 0.3 is 0 Å². The van der Waals surface area contributed by atoms with Gasteiger partial charge in [0, 0.05) is 4.88 Å². The van der Waals surface area contributed by atoms with Crippen molar-refractivity contribution in [3.05, 3.63) is 51.7 Å². The number of fused-ring (bicyclic) bond motifs is 1. The topological polar surface area (TPSA) is 35.5 Å². The Labute approximate surface area is 115 Å². The largest absolute Gasteiger partial charge is 0.454 e. The molecule has 1 aliphatic heterocycles. The molecule has 2 heterocycles. The molecule has 19 heavy (non-hydrogen) atoms. The van der Waals surface area contributed by atoms with Crippen molar-refractivity contribution in [2.75, 3.05) is 6.79 Å². The van der Waals surface area contributed by atoms with Crippen molar-refractivity contribution in [3.63, 3.8) is 0 Å². The average molecular weight is 272 g/mol. The molecule has 3 rings (SSSR count). The van der Waals surface area contributed by atoms with Crippen LogP contribution in [0.15, 0.2) is 36.4 Å². The summed E-state index contributed by atoms with van der Waals surface area (Å²) < 4.78 is 10.5. The fourth-order valence-electron chi connectivity index (χ4n) is 1.84. The van der Waals surface area contributed by atoms with Crippen LogP contribution in [0.2, 0.25) is 0 Å². The molecule has 0 amide bonds. The molecule has 0 N–H and O–H groups in total. The number of carbonyl (C=O) groups is 1. The predicted octanol–water partition coefficient (Wildman–Crippen LogP) is 3.68. The zero-order valence-electron chi connectivity index (χ0n) is 10.4. The van der Waals surface area contributed by atoms with Crippen LogP contribution in [0.25, 0.3) is 6.08 Å². The van der Waals surface area contributed by atoms with E-state index in [9.17, 15) is 4.79 Å². The second-order valence-corrected chi connectivity index (χ2v) is 5.51. The SMILES string of the molecule is Cc1ccc(C(=O)C=Cc2ccc3c(c2)OCO3)s1. The molecule has 1 aliphatic rings. The van der Waals surface area contributed by atoms with Crippen molar-refractivity contribution in [2.24, 2.45) is 0 Å². The van der Waals surface area contributed by atoms with Crippen LogP contribution in [0, 0.1) is 6.92 Å². The molecule has 0 bridgehead atoms. The Balaban J connectivity index is 1.77. The van der Waals surface area contributed by atoms with Gasteiger partial charge < -0.3 is 9.47 Å². The van der Waals surface area contributed by atoms with Gasteiger partial charge in [-0.15, -0.1) is 11.3 Å².